The second-order valence-corrected chi connectivity index (χ2v) is 9.44. The van der Waals surface area contributed by atoms with Gasteiger partial charge in [-0.25, -0.2) is 4.98 Å². The highest BCUT2D eigenvalue weighted by Gasteiger charge is 2.14. The van der Waals surface area contributed by atoms with Crippen molar-refractivity contribution >= 4 is 54.2 Å². The Morgan fingerprint density at radius 3 is 2.62 bits per heavy atom. The molecule has 1 amide bonds. The molecule has 2 aromatic carbocycles. The summed E-state index contributed by atoms with van der Waals surface area (Å²) in [5.41, 5.74) is 3.16. The van der Waals surface area contributed by atoms with Crippen LogP contribution in [0.1, 0.15) is 30.2 Å². The first-order valence-electron chi connectivity index (χ1n) is 9.40. The molecule has 0 unspecified atom stereocenters. The number of rotatable bonds is 8. The van der Waals surface area contributed by atoms with E-state index >= 15 is 0 Å². The van der Waals surface area contributed by atoms with Gasteiger partial charge >= 0.3 is 0 Å². The number of aryl methyl sites for hydroxylation is 2. The number of carbonyl (C=O) groups excluding carboxylic acids is 1. The van der Waals surface area contributed by atoms with Crippen LogP contribution in [0.2, 0.25) is 0 Å². The highest BCUT2D eigenvalue weighted by atomic mass is 79.9. The van der Waals surface area contributed by atoms with E-state index in [-0.39, 0.29) is 5.91 Å². The maximum absolute atomic E-state index is 12.3. The van der Waals surface area contributed by atoms with Crippen molar-refractivity contribution in [3.63, 3.8) is 0 Å². The van der Waals surface area contributed by atoms with E-state index in [0.717, 1.165) is 37.3 Å². The van der Waals surface area contributed by atoms with E-state index in [9.17, 15) is 4.79 Å². The lowest BCUT2D eigenvalue weighted by Crippen LogP contribution is -2.12. The molecule has 0 aliphatic heterocycles. The molecule has 4 nitrogen and oxygen atoms in total. The number of thiazole rings is 1. The molecule has 7 heteroatoms. The zero-order valence-corrected chi connectivity index (χ0v) is 20.3. The average molecular weight is 538 g/mol. The summed E-state index contributed by atoms with van der Waals surface area (Å²) >= 11 is 8.49. The van der Waals surface area contributed by atoms with E-state index in [1.807, 2.05) is 49.4 Å². The minimum atomic E-state index is -0.0460. The lowest BCUT2D eigenvalue weighted by Gasteiger charge is -2.08. The smallest absolute Gasteiger partial charge is 0.226 e. The van der Waals surface area contributed by atoms with Crippen molar-refractivity contribution < 1.29 is 9.53 Å². The van der Waals surface area contributed by atoms with Crippen LogP contribution in [0.4, 0.5) is 5.13 Å². The minimum absolute atomic E-state index is 0.0460. The standard InChI is InChI=1S/C22H22Br2N2O2S/c1-3-19-21(15-7-9-16(23)10-8-15)26-22(29-19)25-20(27)5-4-12-28-18-11-6-14(2)13-17(18)24/h6-11,13H,3-5,12H2,1-2H3,(H,25,26,27). The maximum atomic E-state index is 12.3. The molecule has 0 aliphatic rings. The Labute approximate surface area is 192 Å². The molecule has 0 atom stereocenters. The minimum Gasteiger partial charge on any atom is -0.492 e. The highest BCUT2D eigenvalue weighted by Crippen LogP contribution is 2.32. The summed E-state index contributed by atoms with van der Waals surface area (Å²) in [4.78, 5) is 18.1. The van der Waals surface area contributed by atoms with Gasteiger partial charge in [-0.1, -0.05) is 41.1 Å². The molecule has 0 bridgehead atoms. The van der Waals surface area contributed by atoms with Crippen LogP contribution >= 0.6 is 43.2 Å². The topological polar surface area (TPSA) is 51.2 Å². The van der Waals surface area contributed by atoms with E-state index < -0.39 is 0 Å². The number of carbonyl (C=O) groups is 1. The lowest BCUT2D eigenvalue weighted by molar-refractivity contribution is -0.116. The predicted octanol–water partition coefficient (Wildman–Crippen LogP) is 7.00. The number of ether oxygens (including phenoxy) is 1. The number of aromatic nitrogens is 1. The zero-order valence-electron chi connectivity index (χ0n) is 16.3. The molecule has 1 aromatic heterocycles. The second-order valence-electron chi connectivity index (χ2n) is 6.59. The number of hydrogen-bond acceptors (Lipinski definition) is 4. The molecule has 0 spiro atoms. The van der Waals surface area contributed by atoms with Crippen LogP contribution in [-0.2, 0) is 11.2 Å². The van der Waals surface area contributed by atoms with Crippen molar-refractivity contribution in [3.8, 4) is 17.0 Å². The molecule has 29 heavy (non-hydrogen) atoms. The molecule has 152 valence electrons. The van der Waals surface area contributed by atoms with Gasteiger partial charge in [-0.2, -0.15) is 0 Å². The maximum Gasteiger partial charge on any atom is 0.226 e. The summed E-state index contributed by atoms with van der Waals surface area (Å²) in [7, 11) is 0. The number of benzene rings is 2. The summed E-state index contributed by atoms with van der Waals surface area (Å²) in [6, 6.07) is 14.0. The van der Waals surface area contributed by atoms with Gasteiger partial charge in [0, 0.05) is 21.3 Å². The molecule has 0 aliphatic carbocycles. The van der Waals surface area contributed by atoms with E-state index in [2.05, 4.69) is 49.1 Å². The predicted molar refractivity (Wildman–Crippen MR) is 127 cm³/mol. The van der Waals surface area contributed by atoms with Crippen LogP contribution in [-0.4, -0.2) is 17.5 Å². The van der Waals surface area contributed by atoms with Crippen molar-refractivity contribution in [1.82, 2.24) is 4.98 Å². The molecule has 0 saturated heterocycles. The van der Waals surface area contributed by atoms with Crippen LogP contribution in [0.3, 0.4) is 0 Å². The van der Waals surface area contributed by atoms with Crippen LogP contribution in [0.5, 0.6) is 5.75 Å². The normalized spacial score (nSPS) is 10.8. The number of hydrogen-bond donors (Lipinski definition) is 1. The van der Waals surface area contributed by atoms with Gasteiger partial charge in [0.2, 0.25) is 5.91 Å². The van der Waals surface area contributed by atoms with Crippen molar-refractivity contribution in [1.29, 1.82) is 0 Å². The Morgan fingerprint density at radius 2 is 1.93 bits per heavy atom. The fourth-order valence-electron chi connectivity index (χ4n) is 2.80. The molecule has 3 rings (SSSR count). The van der Waals surface area contributed by atoms with Gasteiger partial charge in [-0.05, 0) is 65.5 Å². The summed E-state index contributed by atoms with van der Waals surface area (Å²) in [5, 5.41) is 3.58. The van der Waals surface area contributed by atoms with E-state index in [0.29, 0.717) is 24.6 Å². The van der Waals surface area contributed by atoms with Crippen LogP contribution in [0.15, 0.2) is 51.4 Å². The summed E-state index contributed by atoms with van der Waals surface area (Å²) in [6.07, 6.45) is 1.90. The zero-order chi connectivity index (χ0) is 20.8. The molecule has 1 heterocycles. The fraction of sp³-hybridized carbons (Fsp3) is 0.273. The van der Waals surface area contributed by atoms with Crippen LogP contribution in [0.25, 0.3) is 11.3 Å². The second kappa shape index (κ2) is 10.4. The summed E-state index contributed by atoms with van der Waals surface area (Å²) in [6.45, 7) is 4.61. The quantitative estimate of drug-likeness (QED) is 0.314. The third-order valence-electron chi connectivity index (χ3n) is 4.28. The molecule has 3 aromatic rings. The molecular formula is C22H22Br2N2O2S. The first-order valence-corrected chi connectivity index (χ1v) is 11.8. The van der Waals surface area contributed by atoms with Gasteiger partial charge in [-0.15, -0.1) is 11.3 Å². The number of nitrogens with zero attached hydrogens (tertiary/aromatic N) is 1. The number of amides is 1. The van der Waals surface area contributed by atoms with E-state index in [1.54, 1.807) is 0 Å². The highest BCUT2D eigenvalue weighted by molar-refractivity contribution is 9.10. The largest absolute Gasteiger partial charge is 0.492 e. The Hall–Kier alpha value is -1.70. The van der Waals surface area contributed by atoms with Crippen LogP contribution in [0, 0.1) is 6.92 Å². The SMILES string of the molecule is CCc1sc(NC(=O)CCCOc2ccc(C)cc2Br)nc1-c1ccc(Br)cc1. The van der Waals surface area contributed by atoms with Crippen molar-refractivity contribution in [2.45, 2.75) is 33.1 Å². The number of nitrogens with one attached hydrogen (secondary N) is 1. The third kappa shape index (κ3) is 6.14. The lowest BCUT2D eigenvalue weighted by atomic mass is 10.1. The number of anilines is 1. The molecular weight excluding hydrogens is 516 g/mol. The van der Waals surface area contributed by atoms with E-state index in [4.69, 9.17) is 4.74 Å². The Kier molecular flexibility index (Phi) is 7.86. The first-order chi connectivity index (χ1) is 14.0. The summed E-state index contributed by atoms with van der Waals surface area (Å²) < 4.78 is 7.72. The fourth-order valence-corrected chi connectivity index (χ4v) is 4.61. The molecule has 0 fully saturated rings. The summed E-state index contributed by atoms with van der Waals surface area (Å²) in [5.74, 6) is 0.748. The first kappa shape index (κ1) is 22.0. The van der Waals surface area contributed by atoms with Gasteiger partial charge in [-0.3, -0.25) is 4.79 Å². The molecule has 0 radical (unpaired) electrons. The van der Waals surface area contributed by atoms with Gasteiger partial charge in [0.1, 0.15) is 5.75 Å². The van der Waals surface area contributed by atoms with Crippen molar-refractivity contribution in [3.05, 3.63) is 61.9 Å². The monoisotopic (exact) mass is 536 g/mol. The van der Waals surface area contributed by atoms with E-state index in [1.165, 1.54) is 16.9 Å². The van der Waals surface area contributed by atoms with Gasteiger partial charge < -0.3 is 10.1 Å². The number of halogens is 2. The van der Waals surface area contributed by atoms with Gasteiger partial charge in [0.05, 0.1) is 16.8 Å². The molecule has 1 N–H and O–H groups in total. The Balaban J connectivity index is 1.53. The third-order valence-corrected chi connectivity index (χ3v) is 6.54. The van der Waals surface area contributed by atoms with Gasteiger partial charge in [0.15, 0.2) is 5.13 Å². The van der Waals surface area contributed by atoms with Crippen molar-refractivity contribution in [2.24, 2.45) is 0 Å². The Bertz CT molecular complexity index is 987. The molecule has 0 saturated carbocycles. The van der Waals surface area contributed by atoms with Crippen molar-refractivity contribution in [2.75, 3.05) is 11.9 Å². The van der Waals surface area contributed by atoms with Crippen LogP contribution < -0.4 is 10.1 Å². The Morgan fingerprint density at radius 1 is 1.17 bits per heavy atom. The van der Waals surface area contributed by atoms with Gasteiger partial charge in [0.25, 0.3) is 0 Å². The average Bonchev–Trinajstić information content (AvgIpc) is 3.10.